The Kier molecular flexibility index (Phi) is 3.33. The smallest absolute Gasteiger partial charge is 0.255 e. The van der Waals surface area contributed by atoms with Crippen molar-refractivity contribution >= 4 is 17.3 Å². The Labute approximate surface area is 107 Å². The number of hydrogen-bond acceptors (Lipinski definition) is 2. The zero-order chi connectivity index (χ0) is 13.1. The molecule has 1 amide bonds. The third-order valence-electron chi connectivity index (χ3n) is 2.78. The van der Waals surface area contributed by atoms with E-state index >= 15 is 0 Å². The fourth-order valence-corrected chi connectivity index (χ4v) is 1.95. The van der Waals surface area contributed by atoms with Crippen LogP contribution in [0.4, 0.5) is 11.4 Å². The van der Waals surface area contributed by atoms with Crippen molar-refractivity contribution in [2.75, 3.05) is 11.1 Å². The molecule has 0 spiro atoms. The standard InChI is InChI=1S/C15H16N2O/c1-10-8-11(2)14(13(16)9-10)17-15(18)12-6-4-3-5-7-12/h3-9H,16H2,1-2H3,(H,17,18). The van der Waals surface area contributed by atoms with E-state index in [4.69, 9.17) is 5.73 Å². The van der Waals surface area contributed by atoms with E-state index in [0.29, 0.717) is 16.9 Å². The third kappa shape index (κ3) is 2.51. The monoisotopic (exact) mass is 240 g/mol. The molecule has 3 heteroatoms. The number of nitrogen functional groups attached to an aromatic ring is 1. The van der Waals surface area contributed by atoms with Crippen LogP contribution in [0.15, 0.2) is 42.5 Å². The summed E-state index contributed by atoms with van der Waals surface area (Å²) in [6, 6.07) is 12.9. The number of nitrogens with two attached hydrogens (primary N) is 1. The molecule has 0 aliphatic carbocycles. The van der Waals surface area contributed by atoms with Gasteiger partial charge in [0.2, 0.25) is 0 Å². The van der Waals surface area contributed by atoms with Gasteiger partial charge in [0, 0.05) is 5.56 Å². The zero-order valence-corrected chi connectivity index (χ0v) is 10.5. The Bertz CT molecular complexity index is 553. The van der Waals surface area contributed by atoms with E-state index in [2.05, 4.69) is 5.32 Å². The number of amides is 1. The van der Waals surface area contributed by atoms with E-state index in [9.17, 15) is 4.79 Å². The van der Waals surface area contributed by atoms with Gasteiger partial charge in [-0.25, -0.2) is 0 Å². The molecule has 0 aliphatic heterocycles. The minimum atomic E-state index is -0.144. The molecule has 2 rings (SSSR count). The maximum Gasteiger partial charge on any atom is 0.255 e. The first-order valence-electron chi connectivity index (χ1n) is 5.81. The Balaban J connectivity index is 2.28. The quantitative estimate of drug-likeness (QED) is 0.792. The Morgan fingerprint density at radius 1 is 1.11 bits per heavy atom. The average molecular weight is 240 g/mol. The van der Waals surface area contributed by atoms with Gasteiger partial charge in [-0.15, -0.1) is 0 Å². The molecule has 2 aromatic carbocycles. The maximum absolute atomic E-state index is 12.0. The fraction of sp³-hybridized carbons (Fsp3) is 0.133. The number of carbonyl (C=O) groups is 1. The van der Waals surface area contributed by atoms with Crippen LogP contribution in [0.3, 0.4) is 0 Å². The molecular formula is C15H16N2O. The normalized spacial score (nSPS) is 10.1. The number of hydrogen-bond donors (Lipinski definition) is 2. The molecule has 92 valence electrons. The first-order chi connectivity index (χ1) is 8.58. The minimum absolute atomic E-state index is 0.144. The van der Waals surface area contributed by atoms with E-state index in [1.54, 1.807) is 12.1 Å². The van der Waals surface area contributed by atoms with Gasteiger partial charge in [-0.2, -0.15) is 0 Å². The molecule has 0 radical (unpaired) electrons. The summed E-state index contributed by atoms with van der Waals surface area (Å²) in [4.78, 5) is 12.0. The van der Waals surface area contributed by atoms with E-state index < -0.39 is 0 Å². The second-order valence-corrected chi connectivity index (χ2v) is 4.37. The lowest BCUT2D eigenvalue weighted by Crippen LogP contribution is -2.14. The van der Waals surface area contributed by atoms with Crippen LogP contribution >= 0.6 is 0 Å². The Morgan fingerprint density at radius 3 is 2.39 bits per heavy atom. The largest absolute Gasteiger partial charge is 0.397 e. The summed E-state index contributed by atoms with van der Waals surface area (Å²) in [5.74, 6) is -0.144. The van der Waals surface area contributed by atoms with Crippen LogP contribution in [0.2, 0.25) is 0 Å². The van der Waals surface area contributed by atoms with Crippen LogP contribution in [0.25, 0.3) is 0 Å². The lowest BCUT2D eigenvalue weighted by Gasteiger charge is -2.12. The van der Waals surface area contributed by atoms with E-state index in [-0.39, 0.29) is 5.91 Å². The summed E-state index contributed by atoms with van der Waals surface area (Å²) < 4.78 is 0. The van der Waals surface area contributed by atoms with Crippen molar-refractivity contribution in [1.29, 1.82) is 0 Å². The van der Waals surface area contributed by atoms with Crippen molar-refractivity contribution < 1.29 is 4.79 Å². The molecule has 0 aromatic heterocycles. The molecule has 2 aromatic rings. The van der Waals surface area contributed by atoms with E-state index in [0.717, 1.165) is 11.1 Å². The molecule has 3 nitrogen and oxygen atoms in total. The van der Waals surface area contributed by atoms with Crippen LogP contribution in [0, 0.1) is 13.8 Å². The summed E-state index contributed by atoms with van der Waals surface area (Å²) in [5, 5.41) is 2.86. The first-order valence-corrected chi connectivity index (χ1v) is 5.81. The lowest BCUT2D eigenvalue weighted by atomic mass is 10.1. The molecular weight excluding hydrogens is 224 g/mol. The minimum Gasteiger partial charge on any atom is -0.397 e. The van der Waals surface area contributed by atoms with Crippen molar-refractivity contribution in [1.82, 2.24) is 0 Å². The highest BCUT2D eigenvalue weighted by Crippen LogP contribution is 2.25. The highest BCUT2D eigenvalue weighted by Gasteiger charge is 2.10. The molecule has 0 aliphatic rings. The second kappa shape index (κ2) is 4.92. The van der Waals surface area contributed by atoms with Crippen molar-refractivity contribution in [2.24, 2.45) is 0 Å². The predicted octanol–water partition coefficient (Wildman–Crippen LogP) is 3.14. The molecule has 0 heterocycles. The van der Waals surface area contributed by atoms with Gasteiger partial charge in [-0.05, 0) is 43.2 Å². The van der Waals surface area contributed by atoms with Crippen LogP contribution in [-0.2, 0) is 0 Å². The predicted molar refractivity (Wildman–Crippen MR) is 74.7 cm³/mol. The van der Waals surface area contributed by atoms with E-state index in [1.165, 1.54) is 0 Å². The number of anilines is 2. The Morgan fingerprint density at radius 2 is 1.78 bits per heavy atom. The number of nitrogens with one attached hydrogen (secondary N) is 1. The van der Waals surface area contributed by atoms with Crippen molar-refractivity contribution in [3.05, 3.63) is 59.2 Å². The van der Waals surface area contributed by atoms with Gasteiger partial charge in [0.1, 0.15) is 0 Å². The zero-order valence-electron chi connectivity index (χ0n) is 10.5. The van der Waals surface area contributed by atoms with Gasteiger partial charge in [-0.3, -0.25) is 4.79 Å². The van der Waals surface area contributed by atoms with Crippen molar-refractivity contribution in [2.45, 2.75) is 13.8 Å². The summed E-state index contributed by atoms with van der Waals surface area (Å²) in [5.41, 5.74) is 9.89. The van der Waals surface area contributed by atoms with Gasteiger partial charge in [0.15, 0.2) is 0 Å². The SMILES string of the molecule is Cc1cc(C)c(NC(=O)c2ccccc2)c(N)c1. The summed E-state index contributed by atoms with van der Waals surface area (Å²) >= 11 is 0. The van der Waals surface area contributed by atoms with Gasteiger partial charge in [-0.1, -0.05) is 24.3 Å². The number of aryl methyl sites for hydroxylation is 2. The van der Waals surface area contributed by atoms with Crippen LogP contribution < -0.4 is 11.1 Å². The fourth-order valence-electron chi connectivity index (χ4n) is 1.95. The summed E-state index contributed by atoms with van der Waals surface area (Å²) in [7, 11) is 0. The molecule has 0 fully saturated rings. The molecule has 3 N–H and O–H groups in total. The Hall–Kier alpha value is -2.29. The molecule has 18 heavy (non-hydrogen) atoms. The summed E-state index contributed by atoms with van der Waals surface area (Å²) in [6.07, 6.45) is 0. The maximum atomic E-state index is 12.0. The summed E-state index contributed by atoms with van der Waals surface area (Å²) in [6.45, 7) is 3.91. The topological polar surface area (TPSA) is 55.1 Å². The van der Waals surface area contributed by atoms with Crippen LogP contribution in [0.1, 0.15) is 21.5 Å². The van der Waals surface area contributed by atoms with Crippen molar-refractivity contribution in [3.63, 3.8) is 0 Å². The van der Waals surface area contributed by atoms with Gasteiger partial charge < -0.3 is 11.1 Å². The first kappa shape index (κ1) is 12.2. The van der Waals surface area contributed by atoms with Crippen LogP contribution in [0.5, 0.6) is 0 Å². The third-order valence-corrected chi connectivity index (χ3v) is 2.78. The van der Waals surface area contributed by atoms with E-state index in [1.807, 2.05) is 44.2 Å². The highest BCUT2D eigenvalue weighted by atomic mass is 16.1. The molecule has 0 bridgehead atoms. The molecule has 0 saturated carbocycles. The highest BCUT2D eigenvalue weighted by molar-refractivity contribution is 6.06. The van der Waals surface area contributed by atoms with Gasteiger partial charge in [0.25, 0.3) is 5.91 Å². The number of rotatable bonds is 2. The second-order valence-electron chi connectivity index (χ2n) is 4.37. The number of carbonyl (C=O) groups excluding carboxylic acids is 1. The molecule has 0 unspecified atom stereocenters. The number of benzene rings is 2. The van der Waals surface area contributed by atoms with Crippen LogP contribution in [-0.4, -0.2) is 5.91 Å². The van der Waals surface area contributed by atoms with Gasteiger partial charge in [0.05, 0.1) is 11.4 Å². The van der Waals surface area contributed by atoms with Crippen molar-refractivity contribution in [3.8, 4) is 0 Å². The molecule has 0 saturated heterocycles. The average Bonchev–Trinajstić information content (AvgIpc) is 2.34. The lowest BCUT2D eigenvalue weighted by molar-refractivity contribution is 0.102. The molecule has 0 atom stereocenters. The van der Waals surface area contributed by atoms with Gasteiger partial charge >= 0.3 is 0 Å².